The molecule has 102 valence electrons. The monoisotopic (exact) mass is 291 g/mol. The van der Waals surface area contributed by atoms with Gasteiger partial charge < -0.3 is 5.73 Å². The van der Waals surface area contributed by atoms with Crippen molar-refractivity contribution in [3.05, 3.63) is 65.2 Å². The number of para-hydroxylation sites is 1. The SMILES string of the molecule is Nc1nc2ccccc2c2sc(Cc3ccccc3)nc12. The molecule has 0 spiro atoms. The molecule has 3 nitrogen and oxygen atoms in total. The maximum atomic E-state index is 6.06. The lowest BCUT2D eigenvalue weighted by Crippen LogP contribution is -1.93. The molecule has 2 heterocycles. The van der Waals surface area contributed by atoms with Crippen LogP contribution in [0.25, 0.3) is 21.1 Å². The van der Waals surface area contributed by atoms with E-state index in [4.69, 9.17) is 5.73 Å². The number of rotatable bonds is 2. The number of thiazole rings is 1. The second-order valence-electron chi connectivity index (χ2n) is 4.96. The van der Waals surface area contributed by atoms with Crippen LogP contribution >= 0.6 is 11.3 Å². The summed E-state index contributed by atoms with van der Waals surface area (Å²) in [4.78, 5) is 9.13. The van der Waals surface area contributed by atoms with Crippen LogP contribution in [0, 0.1) is 0 Å². The van der Waals surface area contributed by atoms with Crippen molar-refractivity contribution >= 4 is 38.3 Å². The Morgan fingerprint density at radius 3 is 2.52 bits per heavy atom. The Bertz CT molecular complexity index is 929. The van der Waals surface area contributed by atoms with Gasteiger partial charge in [0.05, 0.1) is 15.2 Å². The topological polar surface area (TPSA) is 51.8 Å². The van der Waals surface area contributed by atoms with Crippen molar-refractivity contribution in [1.29, 1.82) is 0 Å². The van der Waals surface area contributed by atoms with Crippen LogP contribution in [0.4, 0.5) is 5.82 Å². The first kappa shape index (κ1) is 12.3. The average Bonchev–Trinajstić information content (AvgIpc) is 2.93. The molecule has 0 aliphatic carbocycles. The Kier molecular flexibility index (Phi) is 2.82. The van der Waals surface area contributed by atoms with Gasteiger partial charge in [-0.3, -0.25) is 0 Å². The van der Waals surface area contributed by atoms with Crippen LogP contribution < -0.4 is 5.73 Å². The average molecular weight is 291 g/mol. The summed E-state index contributed by atoms with van der Waals surface area (Å²) in [5.74, 6) is 0.513. The Morgan fingerprint density at radius 1 is 0.905 bits per heavy atom. The third-order valence-electron chi connectivity index (χ3n) is 3.50. The van der Waals surface area contributed by atoms with Crippen molar-refractivity contribution in [3.8, 4) is 0 Å². The van der Waals surface area contributed by atoms with Gasteiger partial charge in [-0.05, 0) is 11.6 Å². The van der Waals surface area contributed by atoms with Gasteiger partial charge in [-0.2, -0.15) is 0 Å². The summed E-state index contributed by atoms with van der Waals surface area (Å²) in [5, 5.41) is 2.19. The van der Waals surface area contributed by atoms with E-state index < -0.39 is 0 Å². The molecule has 0 amide bonds. The van der Waals surface area contributed by atoms with E-state index in [9.17, 15) is 0 Å². The minimum absolute atomic E-state index is 0.513. The molecule has 0 fully saturated rings. The number of anilines is 1. The number of fused-ring (bicyclic) bond motifs is 3. The quantitative estimate of drug-likeness (QED) is 0.607. The number of hydrogen-bond donors (Lipinski definition) is 1. The fraction of sp³-hybridized carbons (Fsp3) is 0.0588. The Labute approximate surface area is 126 Å². The van der Waals surface area contributed by atoms with E-state index in [0.29, 0.717) is 5.82 Å². The predicted octanol–water partition coefficient (Wildman–Crippen LogP) is 4.02. The van der Waals surface area contributed by atoms with Gasteiger partial charge in [0.1, 0.15) is 5.52 Å². The van der Waals surface area contributed by atoms with E-state index in [2.05, 4.69) is 28.2 Å². The van der Waals surface area contributed by atoms with Gasteiger partial charge in [0, 0.05) is 11.8 Å². The number of benzene rings is 2. The minimum Gasteiger partial charge on any atom is -0.382 e. The van der Waals surface area contributed by atoms with Crippen LogP contribution in [0.1, 0.15) is 10.6 Å². The summed E-state index contributed by atoms with van der Waals surface area (Å²) in [5.41, 5.74) is 9.07. The van der Waals surface area contributed by atoms with Gasteiger partial charge in [-0.1, -0.05) is 48.5 Å². The number of aromatic nitrogens is 2. The van der Waals surface area contributed by atoms with Gasteiger partial charge in [0.15, 0.2) is 5.82 Å². The zero-order valence-corrected chi connectivity index (χ0v) is 12.1. The van der Waals surface area contributed by atoms with E-state index in [-0.39, 0.29) is 0 Å². The van der Waals surface area contributed by atoms with Crippen LogP contribution in [0.5, 0.6) is 0 Å². The molecule has 0 atom stereocenters. The summed E-state index contributed by atoms with van der Waals surface area (Å²) < 4.78 is 1.13. The predicted molar refractivity (Wildman–Crippen MR) is 88.6 cm³/mol. The highest BCUT2D eigenvalue weighted by atomic mass is 32.1. The van der Waals surface area contributed by atoms with Crippen LogP contribution in [-0.4, -0.2) is 9.97 Å². The fourth-order valence-corrected chi connectivity index (χ4v) is 3.65. The first-order valence-electron chi connectivity index (χ1n) is 6.79. The maximum Gasteiger partial charge on any atom is 0.151 e. The number of nitrogens with two attached hydrogens (primary N) is 1. The first-order chi connectivity index (χ1) is 10.3. The lowest BCUT2D eigenvalue weighted by atomic mass is 10.2. The van der Waals surface area contributed by atoms with Crippen molar-refractivity contribution in [2.75, 3.05) is 5.73 Å². The van der Waals surface area contributed by atoms with Crippen molar-refractivity contribution in [3.63, 3.8) is 0 Å². The molecule has 2 aromatic heterocycles. The molecule has 0 aliphatic rings. The number of pyridine rings is 1. The van der Waals surface area contributed by atoms with Gasteiger partial charge in [-0.15, -0.1) is 11.3 Å². The lowest BCUT2D eigenvalue weighted by molar-refractivity contribution is 1.15. The third kappa shape index (κ3) is 2.14. The Hall–Kier alpha value is -2.46. The largest absolute Gasteiger partial charge is 0.382 e. The van der Waals surface area contributed by atoms with E-state index in [1.807, 2.05) is 36.4 Å². The number of hydrogen-bond acceptors (Lipinski definition) is 4. The molecule has 4 rings (SSSR count). The summed E-state index contributed by atoms with van der Waals surface area (Å²) >= 11 is 1.70. The van der Waals surface area contributed by atoms with Crippen LogP contribution in [0.3, 0.4) is 0 Å². The molecule has 4 heteroatoms. The summed E-state index contributed by atoms with van der Waals surface area (Å²) in [6, 6.07) is 18.4. The number of nitrogens with zero attached hydrogens (tertiary/aromatic N) is 2. The molecule has 2 aromatic carbocycles. The molecule has 0 saturated heterocycles. The second kappa shape index (κ2) is 4.82. The highest BCUT2D eigenvalue weighted by Gasteiger charge is 2.12. The standard InChI is InChI=1S/C17H13N3S/c18-17-15-16(12-8-4-5-9-13(12)19-17)21-14(20-15)10-11-6-2-1-3-7-11/h1-9H,10H2,(H2,18,19). The molecule has 0 aliphatic heterocycles. The Morgan fingerprint density at radius 2 is 1.67 bits per heavy atom. The smallest absolute Gasteiger partial charge is 0.151 e. The van der Waals surface area contributed by atoms with E-state index in [1.165, 1.54) is 5.56 Å². The maximum absolute atomic E-state index is 6.06. The van der Waals surface area contributed by atoms with Crippen molar-refractivity contribution in [2.45, 2.75) is 6.42 Å². The summed E-state index contributed by atoms with van der Waals surface area (Å²) in [7, 11) is 0. The highest BCUT2D eigenvalue weighted by molar-refractivity contribution is 7.19. The van der Waals surface area contributed by atoms with Gasteiger partial charge in [0.2, 0.25) is 0 Å². The zero-order valence-electron chi connectivity index (χ0n) is 11.3. The van der Waals surface area contributed by atoms with Gasteiger partial charge in [-0.25, -0.2) is 9.97 Å². The van der Waals surface area contributed by atoms with E-state index >= 15 is 0 Å². The molecule has 2 N–H and O–H groups in total. The zero-order chi connectivity index (χ0) is 14.2. The summed E-state index contributed by atoms with van der Waals surface area (Å²) in [6.45, 7) is 0. The minimum atomic E-state index is 0.513. The normalized spacial score (nSPS) is 11.2. The van der Waals surface area contributed by atoms with Crippen LogP contribution in [0.15, 0.2) is 54.6 Å². The second-order valence-corrected chi connectivity index (χ2v) is 6.05. The van der Waals surface area contributed by atoms with Gasteiger partial charge >= 0.3 is 0 Å². The van der Waals surface area contributed by atoms with Crippen LogP contribution in [0.2, 0.25) is 0 Å². The third-order valence-corrected chi connectivity index (χ3v) is 4.59. The van der Waals surface area contributed by atoms with Crippen molar-refractivity contribution in [2.24, 2.45) is 0 Å². The molecular formula is C17H13N3S. The van der Waals surface area contributed by atoms with E-state index in [0.717, 1.165) is 32.5 Å². The van der Waals surface area contributed by atoms with Crippen LogP contribution in [-0.2, 0) is 6.42 Å². The molecular weight excluding hydrogens is 278 g/mol. The van der Waals surface area contributed by atoms with E-state index in [1.54, 1.807) is 11.3 Å². The highest BCUT2D eigenvalue weighted by Crippen LogP contribution is 2.33. The molecule has 0 unspecified atom stereocenters. The Balaban J connectivity index is 1.89. The van der Waals surface area contributed by atoms with Crippen molar-refractivity contribution in [1.82, 2.24) is 9.97 Å². The number of nitrogen functional groups attached to an aromatic ring is 1. The van der Waals surface area contributed by atoms with Gasteiger partial charge in [0.25, 0.3) is 0 Å². The lowest BCUT2D eigenvalue weighted by Gasteiger charge is -1.99. The molecule has 0 bridgehead atoms. The molecule has 0 radical (unpaired) electrons. The fourth-order valence-electron chi connectivity index (χ4n) is 2.51. The summed E-state index contributed by atoms with van der Waals surface area (Å²) in [6.07, 6.45) is 0.827. The molecule has 21 heavy (non-hydrogen) atoms. The molecule has 4 aromatic rings. The molecule has 0 saturated carbocycles. The first-order valence-corrected chi connectivity index (χ1v) is 7.60. The van der Waals surface area contributed by atoms with Crippen molar-refractivity contribution < 1.29 is 0 Å².